The van der Waals surface area contributed by atoms with Crippen molar-refractivity contribution in [1.29, 1.82) is 0 Å². The van der Waals surface area contributed by atoms with Crippen LogP contribution in [-0.2, 0) is 0 Å². The number of ether oxygens (including phenoxy) is 1. The molecule has 0 fully saturated rings. The first kappa shape index (κ1) is 17.2. The van der Waals surface area contributed by atoms with E-state index in [1.165, 1.54) is 0 Å². The van der Waals surface area contributed by atoms with Crippen LogP contribution in [0.15, 0.2) is 59.1 Å². The van der Waals surface area contributed by atoms with E-state index in [1.807, 2.05) is 68.4 Å². The van der Waals surface area contributed by atoms with Crippen LogP contribution in [0.3, 0.4) is 0 Å². The van der Waals surface area contributed by atoms with Crippen molar-refractivity contribution in [2.24, 2.45) is 0 Å². The van der Waals surface area contributed by atoms with Gasteiger partial charge >= 0.3 is 0 Å². The van der Waals surface area contributed by atoms with Gasteiger partial charge < -0.3 is 15.4 Å². The maximum absolute atomic E-state index is 5.65. The largest absolute Gasteiger partial charge is 0.492 e. The molecule has 0 spiro atoms. The van der Waals surface area contributed by atoms with Gasteiger partial charge in [-0.15, -0.1) is 0 Å². The van der Waals surface area contributed by atoms with Crippen molar-refractivity contribution in [2.45, 2.75) is 13.8 Å². The smallest absolute Gasteiger partial charge is 0.229 e. The summed E-state index contributed by atoms with van der Waals surface area (Å²) in [6.07, 6.45) is 0. The predicted molar refractivity (Wildman–Crippen MR) is 105 cm³/mol. The molecule has 5 nitrogen and oxygen atoms in total. The van der Waals surface area contributed by atoms with Gasteiger partial charge in [0.05, 0.1) is 18.0 Å². The van der Waals surface area contributed by atoms with Gasteiger partial charge in [0.25, 0.3) is 0 Å². The van der Waals surface area contributed by atoms with Crippen molar-refractivity contribution in [1.82, 2.24) is 9.97 Å². The van der Waals surface area contributed by atoms with Crippen LogP contribution in [-0.4, -0.2) is 16.6 Å². The third-order valence-corrected chi connectivity index (χ3v) is 4.12. The molecule has 25 heavy (non-hydrogen) atoms. The summed E-state index contributed by atoms with van der Waals surface area (Å²) in [5.74, 6) is 2.03. The van der Waals surface area contributed by atoms with E-state index in [1.54, 1.807) is 0 Å². The molecule has 2 aromatic carbocycles. The summed E-state index contributed by atoms with van der Waals surface area (Å²) in [4.78, 5) is 9.01. The molecule has 0 amide bonds. The lowest BCUT2D eigenvalue weighted by molar-refractivity contribution is 0.342. The first-order valence-electron chi connectivity index (χ1n) is 8.02. The Balaban J connectivity index is 1.86. The third-order valence-electron chi connectivity index (χ3n) is 3.42. The molecule has 0 unspecified atom stereocenters. The van der Waals surface area contributed by atoms with Gasteiger partial charge in [0.15, 0.2) is 0 Å². The van der Waals surface area contributed by atoms with Crippen molar-refractivity contribution in [3.8, 4) is 5.75 Å². The normalized spacial score (nSPS) is 10.4. The Bertz CT molecular complexity index is 870. The topological polar surface area (TPSA) is 59.1 Å². The summed E-state index contributed by atoms with van der Waals surface area (Å²) < 4.78 is 6.61. The van der Waals surface area contributed by atoms with Gasteiger partial charge in [0, 0.05) is 16.2 Å². The molecule has 0 atom stereocenters. The van der Waals surface area contributed by atoms with Crippen molar-refractivity contribution in [2.75, 3.05) is 17.2 Å². The van der Waals surface area contributed by atoms with Gasteiger partial charge in [0.1, 0.15) is 11.6 Å². The second-order valence-electron chi connectivity index (χ2n) is 5.38. The number of para-hydroxylation sites is 3. The van der Waals surface area contributed by atoms with E-state index in [9.17, 15) is 0 Å². The summed E-state index contributed by atoms with van der Waals surface area (Å²) in [7, 11) is 0. The monoisotopic (exact) mass is 398 g/mol. The highest BCUT2D eigenvalue weighted by molar-refractivity contribution is 9.10. The molecule has 2 N–H and O–H groups in total. The highest BCUT2D eigenvalue weighted by atomic mass is 79.9. The van der Waals surface area contributed by atoms with Crippen LogP contribution in [0.4, 0.5) is 23.1 Å². The Labute approximate surface area is 155 Å². The van der Waals surface area contributed by atoms with E-state index in [0.29, 0.717) is 18.4 Å². The summed E-state index contributed by atoms with van der Waals surface area (Å²) >= 11 is 3.52. The maximum atomic E-state index is 5.65. The van der Waals surface area contributed by atoms with Gasteiger partial charge in [-0.3, -0.25) is 0 Å². The predicted octanol–water partition coefficient (Wildman–Crippen LogP) is 5.43. The number of hydrogen-bond donors (Lipinski definition) is 2. The van der Waals surface area contributed by atoms with Gasteiger partial charge in [-0.05, 0) is 54.0 Å². The molecule has 0 saturated carbocycles. The Hall–Kier alpha value is -2.60. The Kier molecular flexibility index (Phi) is 5.50. The lowest BCUT2D eigenvalue weighted by Crippen LogP contribution is -2.04. The summed E-state index contributed by atoms with van der Waals surface area (Å²) in [6, 6.07) is 17.5. The lowest BCUT2D eigenvalue weighted by Gasteiger charge is -2.13. The highest BCUT2D eigenvalue weighted by Crippen LogP contribution is 2.28. The van der Waals surface area contributed by atoms with E-state index >= 15 is 0 Å². The van der Waals surface area contributed by atoms with Crippen LogP contribution >= 0.6 is 15.9 Å². The second kappa shape index (κ2) is 7.98. The number of benzene rings is 2. The second-order valence-corrected chi connectivity index (χ2v) is 6.23. The van der Waals surface area contributed by atoms with E-state index in [0.717, 1.165) is 27.3 Å². The molecule has 128 valence electrons. The van der Waals surface area contributed by atoms with Crippen LogP contribution in [0, 0.1) is 6.92 Å². The van der Waals surface area contributed by atoms with Gasteiger partial charge in [-0.1, -0.05) is 24.3 Å². The van der Waals surface area contributed by atoms with Gasteiger partial charge in [0.2, 0.25) is 5.95 Å². The first-order chi connectivity index (χ1) is 12.2. The van der Waals surface area contributed by atoms with E-state index in [4.69, 9.17) is 4.74 Å². The molecule has 0 saturated heterocycles. The molecular weight excluding hydrogens is 380 g/mol. The van der Waals surface area contributed by atoms with Crippen LogP contribution in [0.2, 0.25) is 0 Å². The van der Waals surface area contributed by atoms with E-state index < -0.39 is 0 Å². The number of hydrogen-bond acceptors (Lipinski definition) is 5. The molecule has 3 rings (SSSR count). The number of halogens is 1. The Morgan fingerprint density at radius 1 is 0.960 bits per heavy atom. The molecule has 0 radical (unpaired) electrons. The molecule has 1 aromatic heterocycles. The van der Waals surface area contributed by atoms with Crippen molar-refractivity contribution in [3.63, 3.8) is 0 Å². The van der Waals surface area contributed by atoms with Crippen molar-refractivity contribution < 1.29 is 4.74 Å². The fourth-order valence-corrected chi connectivity index (χ4v) is 2.74. The summed E-state index contributed by atoms with van der Waals surface area (Å²) in [5, 5.41) is 6.55. The first-order valence-corrected chi connectivity index (χ1v) is 8.81. The van der Waals surface area contributed by atoms with Crippen LogP contribution < -0.4 is 15.4 Å². The summed E-state index contributed by atoms with van der Waals surface area (Å²) in [6.45, 7) is 4.51. The molecule has 0 aliphatic rings. The highest BCUT2D eigenvalue weighted by Gasteiger charge is 2.08. The molecule has 0 bridgehead atoms. The fourth-order valence-electron chi connectivity index (χ4n) is 2.36. The minimum Gasteiger partial charge on any atom is -0.492 e. The standard InChI is InChI=1S/C19H19BrN4O/c1-3-25-17-11-7-6-10-16(17)22-18-12-13(2)21-19(24-18)23-15-9-5-4-8-14(15)20/h4-12H,3H2,1-2H3,(H2,21,22,23,24). The summed E-state index contributed by atoms with van der Waals surface area (Å²) in [5.41, 5.74) is 2.64. The van der Waals surface area contributed by atoms with Crippen LogP contribution in [0.25, 0.3) is 0 Å². The molecule has 3 aromatic rings. The molecular formula is C19H19BrN4O. The molecule has 0 aliphatic carbocycles. The average Bonchev–Trinajstić information content (AvgIpc) is 2.58. The van der Waals surface area contributed by atoms with E-state index in [-0.39, 0.29) is 0 Å². The fraction of sp³-hybridized carbons (Fsp3) is 0.158. The number of aryl methyl sites for hydroxylation is 1. The van der Waals surface area contributed by atoms with Gasteiger partial charge in [-0.25, -0.2) is 4.98 Å². The number of rotatable bonds is 6. The average molecular weight is 399 g/mol. The van der Waals surface area contributed by atoms with E-state index in [2.05, 4.69) is 36.5 Å². The molecule has 6 heteroatoms. The number of nitrogens with zero attached hydrogens (tertiary/aromatic N) is 2. The van der Waals surface area contributed by atoms with Gasteiger partial charge in [-0.2, -0.15) is 4.98 Å². The quantitative estimate of drug-likeness (QED) is 0.579. The zero-order valence-electron chi connectivity index (χ0n) is 14.1. The Morgan fingerprint density at radius 2 is 1.68 bits per heavy atom. The SMILES string of the molecule is CCOc1ccccc1Nc1cc(C)nc(Nc2ccccc2Br)n1. The maximum Gasteiger partial charge on any atom is 0.229 e. The number of nitrogens with one attached hydrogen (secondary N) is 2. The van der Waals surface area contributed by atoms with Crippen LogP contribution in [0.1, 0.15) is 12.6 Å². The zero-order valence-corrected chi connectivity index (χ0v) is 15.7. The van der Waals surface area contributed by atoms with Crippen molar-refractivity contribution in [3.05, 3.63) is 64.8 Å². The number of aromatic nitrogens is 2. The zero-order chi connectivity index (χ0) is 17.6. The number of anilines is 4. The minimum absolute atomic E-state index is 0.531. The lowest BCUT2D eigenvalue weighted by atomic mass is 10.3. The van der Waals surface area contributed by atoms with Crippen molar-refractivity contribution >= 4 is 39.1 Å². The molecule has 1 heterocycles. The minimum atomic E-state index is 0.531. The molecule has 0 aliphatic heterocycles. The van der Waals surface area contributed by atoms with Crippen LogP contribution in [0.5, 0.6) is 5.75 Å². The third kappa shape index (κ3) is 4.48. The Morgan fingerprint density at radius 3 is 2.44 bits per heavy atom.